The highest BCUT2D eigenvalue weighted by Crippen LogP contribution is 2.31. The van der Waals surface area contributed by atoms with Crippen LogP contribution in [0.4, 0.5) is 17.1 Å². The molecule has 2 aromatic rings. The Balaban J connectivity index is 1.83. The molecular weight excluding hydrogens is 312 g/mol. The molecule has 0 saturated carbocycles. The van der Waals surface area contributed by atoms with Crippen LogP contribution in [0.5, 0.6) is 5.75 Å². The number of thioether (sulfide) groups is 1. The molecule has 1 aliphatic heterocycles. The molecule has 0 radical (unpaired) electrons. The van der Waals surface area contributed by atoms with Gasteiger partial charge in [-0.3, -0.25) is 9.59 Å². The van der Waals surface area contributed by atoms with E-state index in [4.69, 9.17) is 11.6 Å². The maximum absolute atomic E-state index is 11.7. The van der Waals surface area contributed by atoms with Crippen LogP contribution in [0.15, 0.2) is 27.8 Å². The Morgan fingerprint density at radius 1 is 1.24 bits per heavy atom. The monoisotopic (exact) mass is 324 g/mol. The molecule has 1 heterocycles. The van der Waals surface area contributed by atoms with Gasteiger partial charge >= 0.3 is 0 Å². The number of hydrogen-bond acceptors (Lipinski definition) is 6. The van der Waals surface area contributed by atoms with E-state index in [-0.39, 0.29) is 17.5 Å². The Bertz CT molecular complexity index is 749. The van der Waals surface area contributed by atoms with Gasteiger partial charge in [0.05, 0.1) is 5.69 Å². The lowest BCUT2D eigenvalue weighted by Gasteiger charge is -2.18. The maximum atomic E-state index is 11.7. The first kappa shape index (κ1) is 14.3. The summed E-state index contributed by atoms with van der Waals surface area (Å²) in [6, 6.07) is 4.73. The first-order chi connectivity index (χ1) is 10.1. The summed E-state index contributed by atoms with van der Waals surface area (Å²) in [7, 11) is 0. The number of benzene rings is 1. The van der Waals surface area contributed by atoms with E-state index in [9.17, 15) is 14.7 Å². The van der Waals surface area contributed by atoms with E-state index in [0.29, 0.717) is 16.4 Å². The zero-order chi connectivity index (χ0) is 15.0. The van der Waals surface area contributed by atoms with Crippen molar-refractivity contribution in [1.82, 2.24) is 0 Å². The van der Waals surface area contributed by atoms with Gasteiger partial charge < -0.3 is 15.7 Å². The first-order valence-electron chi connectivity index (χ1n) is 6.49. The highest BCUT2D eigenvalue weighted by Gasteiger charge is 2.25. The van der Waals surface area contributed by atoms with Crippen LogP contribution < -0.4 is 21.5 Å². The minimum atomic E-state index is -0.572. The van der Waals surface area contributed by atoms with E-state index in [2.05, 4.69) is 10.6 Å². The SMILES string of the molecule is O=c1c(Nc2ccc(Cl)cc2O)c(NC2CCSC2)c1=O. The van der Waals surface area contributed by atoms with Gasteiger partial charge in [-0.05, 0) is 24.3 Å². The number of halogens is 1. The fraction of sp³-hybridized carbons (Fsp3) is 0.286. The summed E-state index contributed by atoms with van der Waals surface area (Å²) in [6.45, 7) is 0. The molecule has 0 amide bonds. The second kappa shape index (κ2) is 5.61. The van der Waals surface area contributed by atoms with E-state index in [1.54, 1.807) is 12.1 Å². The van der Waals surface area contributed by atoms with Crippen molar-refractivity contribution in [2.75, 3.05) is 22.1 Å². The van der Waals surface area contributed by atoms with Crippen molar-refractivity contribution in [2.24, 2.45) is 0 Å². The molecule has 1 unspecified atom stereocenters. The predicted octanol–water partition coefficient (Wildman–Crippen LogP) is 2.30. The van der Waals surface area contributed by atoms with Crippen LogP contribution in [-0.2, 0) is 0 Å². The molecule has 1 fully saturated rings. The van der Waals surface area contributed by atoms with Crippen molar-refractivity contribution in [3.05, 3.63) is 43.7 Å². The number of phenolic OH excluding ortho intramolecular Hbond substituents is 1. The molecular formula is C14H13ClN2O3S. The van der Waals surface area contributed by atoms with Crippen LogP contribution in [0.1, 0.15) is 6.42 Å². The number of anilines is 3. The number of nitrogens with one attached hydrogen (secondary N) is 2. The van der Waals surface area contributed by atoms with E-state index >= 15 is 0 Å². The fourth-order valence-corrected chi connectivity index (χ4v) is 3.56. The van der Waals surface area contributed by atoms with Gasteiger partial charge in [-0.25, -0.2) is 0 Å². The average molecular weight is 325 g/mol. The molecule has 0 spiro atoms. The second-order valence-corrected chi connectivity index (χ2v) is 6.49. The molecule has 0 aromatic heterocycles. The van der Waals surface area contributed by atoms with Crippen LogP contribution >= 0.6 is 23.4 Å². The highest BCUT2D eigenvalue weighted by molar-refractivity contribution is 7.99. The third-order valence-corrected chi connectivity index (χ3v) is 4.81. The van der Waals surface area contributed by atoms with Crippen LogP contribution in [-0.4, -0.2) is 22.7 Å². The predicted molar refractivity (Wildman–Crippen MR) is 87.1 cm³/mol. The molecule has 0 aliphatic carbocycles. The highest BCUT2D eigenvalue weighted by atomic mass is 35.5. The topological polar surface area (TPSA) is 78.4 Å². The zero-order valence-electron chi connectivity index (χ0n) is 11.0. The maximum Gasteiger partial charge on any atom is 0.253 e. The third-order valence-electron chi connectivity index (χ3n) is 3.41. The summed E-state index contributed by atoms with van der Waals surface area (Å²) in [5.41, 5.74) is -0.230. The Morgan fingerprint density at radius 2 is 2.00 bits per heavy atom. The van der Waals surface area contributed by atoms with E-state index in [1.807, 2.05) is 11.8 Å². The molecule has 1 atom stereocenters. The molecule has 3 rings (SSSR count). The largest absolute Gasteiger partial charge is 0.506 e. The average Bonchev–Trinajstić information content (AvgIpc) is 2.97. The van der Waals surface area contributed by atoms with Crippen LogP contribution in [0.25, 0.3) is 0 Å². The van der Waals surface area contributed by atoms with Crippen molar-refractivity contribution in [1.29, 1.82) is 0 Å². The minimum absolute atomic E-state index is 0.0714. The lowest BCUT2D eigenvalue weighted by atomic mass is 10.1. The molecule has 0 bridgehead atoms. The number of aromatic hydroxyl groups is 1. The van der Waals surface area contributed by atoms with E-state index in [1.165, 1.54) is 6.07 Å². The Labute approximate surface area is 130 Å². The number of rotatable bonds is 4. The van der Waals surface area contributed by atoms with Gasteiger partial charge in [-0.15, -0.1) is 0 Å². The Hall–Kier alpha value is -1.66. The first-order valence-corrected chi connectivity index (χ1v) is 8.02. The smallest absolute Gasteiger partial charge is 0.253 e. The van der Waals surface area contributed by atoms with Crippen molar-refractivity contribution in [3.63, 3.8) is 0 Å². The molecule has 110 valence electrons. The van der Waals surface area contributed by atoms with Crippen LogP contribution in [0.2, 0.25) is 5.02 Å². The van der Waals surface area contributed by atoms with Crippen molar-refractivity contribution >= 4 is 40.4 Å². The van der Waals surface area contributed by atoms with E-state index < -0.39 is 10.9 Å². The molecule has 21 heavy (non-hydrogen) atoms. The lowest BCUT2D eigenvalue weighted by Crippen LogP contribution is -2.39. The van der Waals surface area contributed by atoms with Gasteiger partial charge in [0, 0.05) is 22.9 Å². The van der Waals surface area contributed by atoms with Gasteiger partial charge in [-0.2, -0.15) is 11.8 Å². The fourth-order valence-electron chi connectivity index (χ4n) is 2.25. The number of hydrogen-bond donors (Lipinski definition) is 3. The summed E-state index contributed by atoms with van der Waals surface area (Å²) < 4.78 is 0. The van der Waals surface area contributed by atoms with Gasteiger partial charge in [0.1, 0.15) is 17.1 Å². The molecule has 1 saturated heterocycles. The summed E-state index contributed by atoms with van der Waals surface area (Å²) >= 11 is 7.57. The van der Waals surface area contributed by atoms with Gasteiger partial charge in [0.15, 0.2) is 0 Å². The standard InChI is InChI=1S/C14H13ClN2O3S/c15-7-1-2-9(10(18)5-7)17-12-11(13(19)14(12)20)16-8-3-4-21-6-8/h1-2,5,8,16-18H,3-4,6H2. The van der Waals surface area contributed by atoms with Gasteiger partial charge in [0.2, 0.25) is 0 Å². The lowest BCUT2D eigenvalue weighted by molar-refractivity contribution is 0.478. The minimum Gasteiger partial charge on any atom is -0.506 e. The van der Waals surface area contributed by atoms with Gasteiger partial charge in [-0.1, -0.05) is 11.6 Å². The molecule has 3 N–H and O–H groups in total. The quantitative estimate of drug-likeness (QED) is 0.591. The number of phenols is 1. The molecule has 5 nitrogen and oxygen atoms in total. The Kier molecular flexibility index (Phi) is 3.82. The summed E-state index contributed by atoms with van der Waals surface area (Å²) in [6.07, 6.45) is 0.967. The van der Waals surface area contributed by atoms with Crippen molar-refractivity contribution in [3.8, 4) is 5.75 Å². The summed E-state index contributed by atoms with van der Waals surface area (Å²) in [5.74, 6) is 1.90. The van der Waals surface area contributed by atoms with Gasteiger partial charge in [0.25, 0.3) is 10.9 Å². The molecule has 2 aromatic carbocycles. The summed E-state index contributed by atoms with van der Waals surface area (Å²) in [4.78, 5) is 23.4. The Morgan fingerprint density at radius 3 is 2.67 bits per heavy atom. The normalized spacial score (nSPS) is 18.0. The zero-order valence-corrected chi connectivity index (χ0v) is 12.6. The van der Waals surface area contributed by atoms with Crippen molar-refractivity contribution in [2.45, 2.75) is 12.5 Å². The van der Waals surface area contributed by atoms with Crippen molar-refractivity contribution < 1.29 is 5.11 Å². The van der Waals surface area contributed by atoms with Crippen LogP contribution in [0, 0.1) is 0 Å². The molecule has 1 aliphatic rings. The van der Waals surface area contributed by atoms with Crippen LogP contribution in [0.3, 0.4) is 0 Å². The third kappa shape index (κ3) is 2.73. The molecule has 7 heteroatoms. The summed E-state index contributed by atoms with van der Waals surface area (Å²) in [5, 5.41) is 16.1. The van der Waals surface area contributed by atoms with E-state index in [0.717, 1.165) is 17.9 Å². The second-order valence-electron chi connectivity index (χ2n) is 4.90.